The zero-order valence-corrected chi connectivity index (χ0v) is 17.5. The minimum atomic E-state index is -1.38. The maximum absolute atomic E-state index is 15.9. The van der Waals surface area contributed by atoms with Crippen LogP contribution in [0.2, 0.25) is 0 Å². The van der Waals surface area contributed by atoms with Gasteiger partial charge in [-0.15, -0.1) is 0 Å². The first-order chi connectivity index (χ1) is 14.6. The Hall–Kier alpha value is -2.94. The number of nitrogens with zero attached hydrogens (tertiary/aromatic N) is 2. The summed E-state index contributed by atoms with van der Waals surface area (Å²) in [4.78, 5) is 38.7. The second-order valence-corrected chi connectivity index (χ2v) is 9.23. The number of rotatable bonds is 4. The van der Waals surface area contributed by atoms with E-state index < -0.39 is 28.7 Å². The van der Waals surface area contributed by atoms with Crippen LogP contribution in [0.4, 0.5) is 15.8 Å². The number of nitrogens with two attached hydrogens (primary N) is 1. The number of carboxylic acids is 1. The molecule has 9 heteroatoms. The van der Waals surface area contributed by atoms with Crippen LogP contribution in [0, 0.1) is 18.2 Å². The number of halogens is 1. The van der Waals surface area contributed by atoms with Crippen molar-refractivity contribution in [1.82, 2.24) is 4.57 Å². The van der Waals surface area contributed by atoms with Crippen molar-refractivity contribution in [3.63, 3.8) is 0 Å². The summed E-state index contributed by atoms with van der Waals surface area (Å²) in [5.41, 5.74) is 6.23. The van der Waals surface area contributed by atoms with E-state index in [1.165, 1.54) is 13.1 Å². The number of carbonyl (C=O) groups excluding carboxylic acids is 1. The van der Waals surface area contributed by atoms with Crippen LogP contribution in [-0.2, 0) is 4.79 Å². The second kappa shape index (κ2) is 6.53. The molecule has 1 amide bonds. The smallest absolute Gasteiger partial charge is 0.341 e. The van der Waals surface area contributed by atoms with Crippen molar-refractivity contribution >= 4 is 34.2 Å². The Kier molecular flexibility index (Phi) is 4.21. The van der Waals surface area contributed by atoms with E-state index in [9.17, 15) is 19.5 Å². The number of aromatic nitrogens is 1. The van der Waals surface area contributed by atoms with E-state index in [0.29, 0.717) is 29.9 Å². The van der Waals surface area contributed by atoms with E-state index in [1.807, 2.05) is 4.90 Å². The van der Waals surface area contributed by atoms with Gasteiger partial charge in [0.05, 0.1) is 22.3 Å². The maximum atomic E-state index is 15.9. The zero-order valence-electron chi connectivity index (χ0n) is 17.5. The monoisotopic (exact) mass is 428 g/mol. The molecule has 4 N–H and O–H groups in total. The number of hydrogen-bond acceptors (Lipinski definition) is 5. The van der Waals surface area contributed by atoms with Gasteiger partial charge in [-0.2, -0.15) is 0 Å². The van der Waals surface area contributed by atoms with Gasteiger partial charge in [-0.25, -0.2) is 9.18 Å². The topological polar surface area (TPSA) is 118 Å². The standard InChI is InChI=1S/C22H25FN4O4/c1-10-18-15(20(29)13(21(30)31)7-27(18)12-3-4-12)17(25-11(2)28)16(23)19(10)26-8-14(24)22(9-26)5-6-22/h7,12,14H,3-6,8-9,24H2,1-2H3,(H,25,28)(H,30,31). The summed E-state index contributed by atoms with van der Waals surface area (Å²) in [5.74, 6) is -2.63. The lowest BCUT2D eigenvalue weighted by molar-refractivity contribution is -0.114. The largest absolute Gasteiger partial charge is 0.477 e. The molecule has 1 spiro atoms. The highest BCUT2D eigenvalue weighted by Crippen LogP contribution is 2.54. The van der Waals surface area contributed by atoms with Gasteiger partial charge in [0.25, 0.3) is 0 Å². The third-order valence-corrected chi connectivity index (χ3v) is 7.01. The molecule has 1 aromatic heterocycles. The Bertz CT molecular complexity index is 1210. The third kappa shape index (κ3) is 2.94. The minimum Gasteiger partial charge on any atom is -0.477 e. The predicted molar refractivity (Wildman–Crippen MR) is 114 cm³/mol. The van der Waals surface area contributed by atoms with E-state index in [-0.39, 0.29) is 28.6 Å². The van der Waals surface area contributed by atoms with E-state index in [1.54, 1.807) is 11.5 Å². The van der Waals surface area contributed by atoms with Crippen molar-refractivity contribution in [1.29, 1.82) is 0 Å². The fraction of sp³-hybridized carbons (Fsp3) is 0.500. The summed E-state index contributed by atoms with van der Waals surface area (Å²) in [6, 6.07) is -0.0229. The molecule has 1 unspecified atom stereocenters. The van der Waals surface area contributed by atoms with Gasteiger partial charge in [-0.05, 0) is 38.2 Å². The molecule has 2 heterocycles. The van der Waals surface area contributed by atoms with Crippen LogP contribution >= 0.6 is 0 Å². The van der Waals surface area contributed by atoms with Gasteiger partial charge in [-0.1, -0.05) is 0 Å². The molecule has 8 nitrogen and oxygen atoms in total. The van der Waals surface area contributed by atoms with Crippen LogP contribution in [0.25, 0.3) is 10.9 Å². The van der Waals surface area contributed by atoms with Crippen molar-refractivity contribution in [2.45, 2.75) is 51.6 Å². The maximum Gasteiger partial charge on any atom is 0.341 e. The fourth-order valence-corrected chi connectivity index (χ4v) is 5.07. The second-order valence-electron chi connectivity index (χ2n) is 9.23. The summed E-state index contributed by atoms with van der Waals surface area (Å²) in [5, 5.41) is 11.9. The first kappa shape index (κ1) is 20.0. The number of anilines is 2. The number of aryl methyl sites for hydroxylation is 1. The lowest BCUT2D eigenvalue weighted by Gasteiger charge is -2.26. The van der Waals surface area contributed by atoms with E-state index in [2.05, 4.69) is 5.32 Å². The van der Waals surface area contributed by atoms with Crippen LogP contribution < -0.4 is 21.4 Å². The first-order valence-electron chi connectivity index (χ1n) is 10.6. The van der Waals surface area contributed by atoms with Gasteiger partial charge in [0.1, 0.15) is 5.56 Å². The highest BCUT2D eigenvalue weighted by molar-refractivity contribution is 6.06. The quantitative estimate of drug-likeness (QED) is 0.688. The number of fused-ring (bicyclic) bond motifs is 1. The summed E-state index contributed by atoms with van der Waals surface area (Å²) in [6.45, 7) is 4.10. The molecule has 1 aliphatic heterocycles. The number of nitrogens with one attached hydrogen (secondary N) is 1. The first-order valence-corrected chi connectivity index (χ1v) is 10.6. The molecule has 164 valence electrons. The molecular formula is C22H25FN4O4. The van der Waals surface area contributed by atoms with Gasteiger partial charge in [0.2, 0.25) is 11.3 Å². The predicted octanol–water partition coefficient (Wildman–Crippen LogP) is 2.37. The third-order valence-electron chi connectivity index (χ3n) is 7.01. The number of carbonyl (C=O) groups is 2. The molecule has 3 fully saturated rings. The lowest BCUT2D eigenvalue weighted by Crippen LogP contribution is -2.31. The molecule has 5 rings (SSSR count). The Morgan fingerprint density at radius 2 is 2.00 bits per heavy atom. The molecule has 1 atom stereocenters. The molecule has 3 aliphatic rings. The Labute approximate surface area is 177 Å². The molecule has 2 aromatic rings. The molecular weight excluding hydrogens is 403 g/mol. The normalized spacial score (nSPS) is 21.7. The highest BCUT2D eigenvalue weighted by Gasteiger charge is 2.54. The van der Waals surface area contributed by atoms with Crippen molar-refractivity contribution < 1.29 is 19.1 Å². The molecule has 1 saturated heterocycles. The molecule has 2 aliphatic carbocycles. The van der Waals surface area contributed by atoms with Gasteiger partial charge in [0, 0.05) is 43.7 Å². The molecule has 2 saturated carbocycles. The minimum absolute atomic E-state index is 0.00529. The highest BCUT2D eigenvalue weighted by atomic mass is 19.1. The van der Waals surface area contributed by atoms with Crippen LogP contribution in [0.15, 0.2) is 11.0 Å². The lowest BCUT2D eigenvalue weighted by atomic mass is 10.0. The van der Waals surface area contributed by atoms with Crippen LogP contribution in [0.1, 0.15) is 54.6 Å². The van der Waals surface area contributed by atoms with Crippen LogP contribution in [0.3, 0.4) is 0 Å². The summed E-state index contributed by atoms with van der Waals surface area (Å²) in [6.07, 6.45) is 5.06. The summed E-state index contributed by atoms with van der Waals surface area (Å²) in [7, 11) is 0. The molecule has 1 aromatic carbocycles. The van der Waals surface area contributed by atoms with Crippen molar-refractivity contribution in [2.75, 3.05) is 23.3 Å². The molecule has 31 heavy (non-hydrogen) atoms. The average Bonchev–Trinajstić information content (AvgIpc) is 3.59. The Balaban J connectivity index is 1.85. The Morgan fingerprint density at radius 3 is 2.52 bits per heavy atom. The van der Waals surface area contributed by atoms with E-state index in [4.69, 9.17) is 5.73 Å². The van der Waals surface area contributed by atoms with Crippen LogP contribution in [0.5, 0.6) is 0 Å². The van der Waals surface area contributed by atoms with Gasteiger partial charge < -0.3 is 25.6 Å². The summed E-state index contributed by atoms with van der Waals surface area (Å²) < 4.78 is 17.7. The van der Waals surface area contributed by atoms with E-state index in [0.717, 1.165) is 25.7 Å². The number of hydrogen-bond donors (Lipinski definition) is 3. The molecule has 0 bridgehead atoms. The van der Waals surface area contributed by atoms with Crippen molar-refractivity contribution in [3.05, 3.63) is 33.4 Å². The number of carboxylic acid groups (broad SMARTS) is 1. The number of benzene rings is 1. The zero-order chi connectivity index (χ0) is 22.2. The van der Waals surface area contributed by atoms with Crippen molar-refractivity contribution in [3.8, 4) is 0 Å². The van der Waals surface area contributed by atoms with Gasteiger partial charge in [-0.3, -0.25) is 9.59 Å². The average molecular weight is 428 g/mol. The van der Waals surface area contributed by atoms with Crippen molar-refractivity contribution in [2.24, 2.45) is 11.1 Å². The van der Waals surface area contributed by atoms with E-state index >= 15 is 4.39 Å². The van der Waals surface area contributed by atoms with Gasteiger partial charge in [0.15, 0.2) is 5.82 Å². The van der Waals surface area contributed by atoms with Crippen LogP contribution in [-0.4, -0.2) is 40.7 Å². The number of amides is 1. The van der Waals surface area contributed by atoms with Gasteiger partial charge >= 0.3 is 5.97 Å². The SMILES string of the molecule is CC(=O)Nc1c(F)c(N2CC(N)C3(CC3)C2)c(C)c2c1c(=O)c(C(=O)O)cn2C1CC1. The number of aromatic carboxylic acids is 1. The molecule has 0 radical (unpaired) electrons. The fourth-order valence-electron chi connectivity index (χ4n) is 5.07. The number of pyridine rings is 1. The summed E-state index contributed by atoms with van der Waals surface area (Å²) >= 11 is 0. The Morgan fingerprint density at radius 1 is 1.32 bits per heavy atom.